The molecule has 0 bridgehead atoms. The van der Waals surface area contributed by atoms with Gasteiger partial charge in [0.05, 0.1) is 19.2 Å². The van der Waals surface area contributed by atoms with Crippen LogP contribution < -0.4 is 0 Å². The fraction of sp³-hybridized carbons (Fsp3) is 0.833. The third-order valence-electron chi connectivity index (χ3n) is 3.32. The van der Waals surface area contributed by atoms with Crippen molar-refractivity contribution in [2.24, 2.45) is 0 Å². The molecule has 5 nitrogen and oxygen atoms in total. The average molecular weight is 242 g/mol. The monoisotopic (exact) mass is 242 g/mol. The summed E-state index contributed by atoms with van der Waals surface area (Å²) < 4.78 is 0. The molecule has 17 heavy (non-hydrogen) atoms. The Balaban J connectivity index is 2.60. The summed E-state index contributed by atoms with van der Waals surface area (Å²) in [7, 11) is 1.62. The van der Waals surface area contributed by atoms with Crippen LogP contribution in [0.3, 0.4) is 0 Å². The fourth-order valence-corrected chi connectivity index (χ4v) is 2.10. The van der Waals surface area contributed by atoms with E-state index in [4.69, 9.17) is 0 Å². The number of amides is 2. The van der Waals surface area contributed by atoms with Crippen LogP contribution in [0.1, 0.15) is 32.6 Å². The largest absolute Gasteiger partial charge is 0.394 e. The van der Waals surface area contributed by atoms with Crippen molar-refractivity contribution >= 4 is 11.8 Å². The van der Waals surface area contributed by atoms with Gasteiger partial charge in [-0.1, -0.05) is 12.8 Å². The maximum absolute atomic E-state index is 12.1. The summed E-state index contributed by atoms with van der Waals surface area (Å²) >= 11 is 0. The Bertz CT molecular complexity index is 281. The molecule has 0 aromatic heterocycles. The number of aliphatic hydroxyl groups excluding tert-OH is 1. The van der Waals surface area contributed by atoms with Crippen LogP contribution in [-0.2, 0) is 9.59 Å². The van der Waals surface area contributed by atoms with Gasteiger partial charge in [-0.2, -0.15) is 0 Å². The molecule has 1 aliphatic heterocycles. The Labute approximate surface area is 102 Å². The minimum Gasteiger partial charge on any atom is -0.394 e. The van der Waals surface area contributed by atoms with E-state index in [1.807, 2.05) is 0 Å². The highest BCUT2D eigenvalue weighted by Gasteiger charge is 2.25. The van der Waals surface area contributed by atoms with Gasteiger partial charge in [0.15, 0.2) is 0 Å². The first-order chi connectivity index (χ1) is 8.06. The SMILES string of the molecule is CC(=O)N(C)CC(=O)N1CCCCCC1CO. The smallest absolute Gasteiger partial charge is 0.242 e. The van der Waals surface area contributed by atoms with Gasteiger partial charge in [0.1, 0.15) is 0 Å². The third-order valence-corrected chi connectivity index (χ3v) is 3.32. The lowest BCUT2D eigenvalue weighted by molar-refractivity contribution is -0.140. The molecule has 1 unspecified atom stereocenters. The van der Waals surface area contributed by atoms with Crippen molar-refractivity contribution in [3.63, 3.8) is 0 Å². The number of aliphatic hydroxyl groups is 1. The molecule has 0 spiro atoms. The minimum absolute atomic E-state index is 0.00945. The van der Waals surface area contributed by atoms with E-state index >= 15 is 0 Å². The van der Waals surface area contributed by atoms with E-state index in [0.717, 1.165) is 25.7 Å². The van der Waals surface area contributed by atoms with E-state index in [2.05, 4.69) is 0 Å². The summed E-state index contributed by atoms with van der Waals surface area (Å²) in [5, 5.41) is 9.30. The Morgan fingerprint density at radius 1 is 1.35 bits per heavy atom. The standard InChI is InChI=1S/C12H22N2O3/c1-10(16)13(2)8-12(17)14-7-5-3-4-6-11(14)9-15/h11,15H,3-9H2,1-2H3. The molecule has 1 N–H and O–H groups in total. The Morgan fingerprint density at radius 3 is 2.65 bits per heavy atom. The molecule has 0 radical (unpaired) electrons. The zero-order valence-corrected chi connectivity index (χ0v) is 10.7. The average Bonchev–Trinajstić information content (AvgIpc) is 2.53. The molecule has 5 heteroatoms. The van der Waals surface area contributed by atoms with Gasteiger partial charge in [-0.05, 0) is 12.8 Å². The minimum atomic E-state index is -0.117. The number of hydrogen-bond donors (Lipinski definition) is 1. The number of carbonyl (C=O) groups excluding carboxylic acids is 2. The van der Waals surface area contributed by atoms with Crippen molar-refractivity contribution in [1.82, 2.24) is 9.80 Å². The zero-order valence-electron chi connectivity index (χ0n) is 10.7. The molecule has 0 aromatic carbocycles. The fourth-order valence-electron chi connectivity index (χ4n) is 2.10. The molecule has 1 heterocycles. The van der Waals surface area contributed by atoms with Crippen molar-refractivity contribution in [2.75, 3.05) is 26.7 Å². The van der Waals surface area contributed by atoms with Gasteiger partial charge in [0.2, 0.25) is 11.8 Å². The van der Waals surface area contributed by atoms with Crippen LogP contribution >= 0.6 is 0 Å². The second-order valence-corrected chi connectivity index (χ2v) is 4.65. The van der Waals surface area contributed by atoms with E-state index in [0.29, 0.717) is 6.54 Å². The van der Waals surface area contributed by atoms with E-state index in [-0.39, 0.29) is 31.0 Å². The lowest BCUT2D eigenvalue weighted by Gasteiger charge is -2.30. The number of likely N-dealkylation sites (N-methyl/N-ethyl adjacent to an activating group) is 1. The predicted molar refractivity (Wildman–Crippen MR) is 64.4 cm³/mol. The van der Waals surface area contributed by atoms with Crippen LogP contribution in [-0.4, -0.2) is 59.5 Å². The van der Waals surface area contributed by atoms with Crippen LogP contribution in [0.15, 0.2) is 0 Å². The Morgan fingerprint density at radius 2 is 2.06 bits per heavy atom. The molecule has 1 fully saturated rings. The molecular formula is C12H22N2O3. The van der Waals surface area contributed by atoms with Crippen LogP contribution in [0.25, 0.3) is 0 Å². The molecule has 2 amide bonds. The highest BCUT2D eigenvalue weighted by molar-refractivity contribution is 5.83. The molecule has 98 valence electrons. The first-order valence-electron chi connectivity index (χ1n) is 6.18. The molecule has 0 aromatic rings. The third kappa shape index (κ3) is 4.00. The van der Waals surface area contributed by atoms with Crippen molar-refractivity contribution in [2.45, 2.75) is 38.6 Å². The van der Waals surface area contributed by atoms with Gasteiger partial charge in [0, 0.05) is 20.5 Å². The van der Waals surface area contributed by atoms with Crippen LogP contribution in [0, 0.1) is 0 Å². The molecule has 1 saturated heterocycles. The van der Waals surface area contributed by atoms with Crippen molar-refractivity contribution in [3.05, 3.63) is 0 Å². The number of nitrogens with zero attached hydrogens (tertiary/aromatic N) is 2. The zero-order chi connectivity index (χ0) is 12.8. The van der Waals surface area contributed by atoms with Gasteiger partial charge >= 0.3 is 0 Å². The van der Waals surface area contributed by atoms with E-state index in [9.17, 15) is 14.7 Å². The Kier molecular flexibility index (Phi) is 5.41. The maximum Gasteiger partial charge on any atom is 0.242 e. The normalized spacial score (nSPS) is 20.9. The molecule has 0 saturated carbocycles. The second kappa shape index (κ2) is 6.59. The summed E-state index contributed by atoms with van der Waals surface area (Å²) in [6.45, 7) is 2.25. The lowest BCUT2D eigenvalue weighted by atomic mass is 10.1. The van der Waals surface area contributed by atoms with E-state index in [1.54, 1.807) is 11.9 Å². The summed E-state index contributed by atoms with van der Waals surface area (Å²) in [5.74, 6) is -0.183. The first kappa shape index (κ1) is 14.0. The van der Waals surface area contributed by atoms with Crippen LogP contribution in [0.5, 0.6) is 0 Å². The van der Waals surface area contributed by atoms with Crippen LogP contribution in [0.2, 0.25) is 0 Å². The maximum atomic E-state index is 12.1. The second-order valence-electron chi connectivity index (χ2n) is 4.65. The molecule has 1 rings (SSSR count). The number of carbonyl (C=O) groups is 2. The topological polar surface area (TPSA) is 60.9 Å². The van der Waals surface area contributed by atoms with Crippen LogP contribution in [0.4, 0.5) is 0 Å². The highest BCUT2D eigenvalue weighted by atomic mass is 16.3. The van der Waals surface area contributed by atoms with Gasteiger partial charge in [0.25, 0.3) is 0 Å². The van der Waals surface area contributed by atoms with E-state index in [1.165, 1.54) is 11.8 Å². The summed E-state index contributed by atoms with van der Waals surface area (Å²) in [6, 6.07) is -0.0784. The summed E-state index contributed by atoms with van der Waals surface area (Å²) in [4.78, 5) is 26.3. The summed E-state index contributed by atoms with van der Waals surface area (Å²) in [5.41, 5.74) is 0. The van der Waals surface area contributed by atoms with Gasteiger partial charge in [-0.25, -0.2) is 0 Å². The number of hydrogen-bond acceptors (Lipinski definition) is 3. The molecule has 1 aliphatic rings. The molecule has 1 atom stereocenters. The highest BCUT2D eigenvalue weighted by Crippen LogP contribution is 2.16. The van der Waals surface area contributed by atoms with E-state index < -0.39 is 0 Å². The number of rotatable bonds is 3. The van der Waals surface area contributed by atoms with Gasteiger partial charge < -0.3 is 14.9 Å². The van der Waals surface area contributed by atoms with Crippen molar-refractivity contribution in [3.8, 4) is 0 Å². The Hall–Kier alpha value is -1.10. The van der Waals surface area contributed by atoms with Crippen molar-refractivity contribution in [1.29, 1.82) is 0 Å². The van der Waals surface area contributed by atoms with Gasteiger partial charge in [-0.3, -0.25) is 9.59 Å². The number of likely N-dealkylation sites (tertiary alicyclic amines) is 1. The summed E-state index contributed by atoms with van der Waals surface area (Å²) in [6.07, 6.45) is 3.98. The predicted octanol–water partition coefficient (Wildman–Crippen LogP) is 0.228. The quantitative estimate of drug-likeness (QED) is 0.770. The molecule has 0 aliphatic carbocycles. The van der Waals surface area contributed by atoms with Crippen molar-refractivity contribution < 1.29 is 14.7 Å². The molecular weight excluding hydrogens is 220 g/mol. The van der Waals surface area contributed by atoms with Gasteiger partial charge in [-0.15, -0.1) is 0 Å². The lowest BCUT2D eigenvalue weighted by Crippen LogP contribution is -2.47. The first-order valence-corrected chi connectivity index (χ1v) is 6.18.